The van der Waals surface area contributed by atoms with E-state index >= 15 is 0 Å². The zero-order chi connectivity index (χ0) is 15.2. The van der Waals surface area contributed by atoms with Gasteiger partial charge in [-0.2, -0.15) is 0 Å². The van der Waals surface area contributed by atoms with Gasteiger partial charge in [0.1, 0.15) is 5.82 Å². The van der Waals surface area contributed by atoms with Crippen molar-refractivity contribution in [2.75, 3.05) is 13.6 Å². The molecule has 0 aliphatic heterocycles. The molecule has 112 valence electrons. The smallest absolute Gasteiger partial charge is 0.303 e. The highest BCUT2D eigenvalue weighted by atomic mass is 19.1. The van der Waals surface area contributed by atoms with E-state index in [9.17, 15) is 9.18 Å². The third kappa shape index (κ3) is 4.64. The first-order valence-corrected chi connectivity index (χ1v) is 6.53. The normalized spacial score (nSPS) is 11.0. The van der Waals surface area contributed by atoms with Gasteiger partial charge in [-0.3, -0.25) is 9.69 Å². The largest absolute Gasteiger partial charge is 0.481 e. The van der Waals surface area contributed by atoms with E-state index in [0.717, 1.165) is 0 Å². The molecule has 1 N–H and O–H groups in total. The van der Waals surface area contributed by atoms with E-state index in [0.29, 0.717) is 36.9 Å². The van der Waals surface area contributed by atoms with E-state index in [2.05, 4.69) is 10.2 Å². The second kappa shape index (κ2) is 6.94. The van der Waals surface area contributed by atoms with Gasteiger partial charge in [0, 0.05) is 12.0 Å². The van der Waals surface area contributed by atoms with Gasteiger partial charge in [-0.1, -0.05) is 0 Å². The number of carboxylic acids is 1. The molecule has 0 atom stereocenters. The highest BCUT2D eigenvalue weighted by molar-refractivity contribution is 5.66. The van der Waals surface area contributed by atoms with Gasteiger partial charge in [0.15, 0.2) is 0 Å². The highest BCUT2D eigenvalue weighted by Gasteiger charge is 2.11. The van der Waals surface area contributed by atoms with Gasteiger partial charge in [0.05, 0.1) is 6.54 Å². The van der Waals surface area contributed by atoms with E-state index in [1.807, 2.05) is 11.9 Å². The molecule has 0 amide bonds. The average Bonchev–Trinajstić information content (AvgIpc) is 2.87. The number of rotatable bonds is 7. The Morgan fingerprint density at radius 1 is 1.33 bits per heavy atom. The van der Waals surface area contributed by atoms with Crippen molar-refractivity contribution in [1.82, 2.24) is 15.1 Å². The van der Waals surface area contributed by atoms with Crippen molar-refractivity contribution >= 4 is 5.97 Å². The van der Waals surface area contributed by atoms with Crippen LogP contribution in [0.1, 0.15) is 18.7 Å². The maximum atomic E-state index is 12.8. The van der Waals surface area contributed by atoms with Gasteiger partial charge in [-0.05, 0) is 44.3 Å². The monoisotopic (exact) mass is 293 g/mol. The Morgan fingerprint density at radius 2 is 2.05 bits per heavy atom. The lowest BCUT2D eigenvalue weighted by atomic mass is 10.2. The molecule has 1 aromatic heterocycles. The Bertz CT molecular complexity index is 598. The molecule has 0 aliphatic rings. The third-order valence-corrected chi connectivity index (χ3v) is 2.89. The summed E-state index contributed by atoms with van der Waals surface area (Å²) < 4.78 is 18.3. The predicted molar refractivity (Wildman–Crippen MR) is 72.9 cm³/mol. The number of nitrogens with zero attached hydrogens (tertiary/aromatic N) is 3. The number of hydrogen-bond acceptors (Lipinski definition) is 5. The van der Waals surface area contributed by atoms with Crippen LogP contribution < -0.4 is 0 Å². The van der Waals surface area contributed by atoms with Crippen molar-refractivity contribution in [3.8, 4) is 11.5 Å². The Morgan fingerprint density at radius 3 is 2.71 bits per heavy atom. The van der Waals surface area contributed by atoms with Crippen molar-refractivity contribution in [1.29, 1.82) is 0 Å². The molecule has 0 saturated heterocycles. The fourth-order valence-electron chi connectivity index (χ4n) is 1.84. The number of benzene rings is 1. The molecule has 0 radical (unpaired) electrons. The van der Waals surface area contributed by atoms with Crippen molar-refractivity contribution in [3.05, 3.63) is 36.0 Å². The number of hydrogen-bond donors (Lipinski definition) is 1. The van der Waals surface area contributed by atoms with Gasteiger partial charge in [0.2, 0.25) is 11.8 Å². The summed E-state index contributed by atoms with van der Waals surface area (Å²) in [5.74, 6) is -0.354. The van der Waals surface area contributed by atoms with Crippen LogP contribution in [0, 0.1) is 5.82 Å². The molecule has 1 aromatic carbocycles. The Balaban J connectivity index is 1.90. The molecule has 2 aromatic rings. The lowest BCUT2D eigenvalue weighted by Crippen LogP contribution is -2.20. The van der Waals surface area contributed by atoms with Crippen LogP contribution in [-0.4, -0.2) is 39.8 Å². The maximum Gasteiger partial charge on any atom is 0.303 e. The Labute approximate surface area is 121 Å². The fourth-order valence-corrected chi connectivity index (χ4v) is 1.84. The molecule has 0 bridgehead atoms. The Hall–Kier alpha value is -2.28. The number of halogens is 1. The van der Waals surface area contributed by atoms with E-state index in [1.54, 1.807) is 12.1 Å². The van der Waals surface area contributed by atoms with E-state index in [4.69, 9.17) is 9.52 Å². The van der Waals surface area contributed by atoms with Gasteiger partial charge in [-0.15, -0.1) is 10.2 Å². The minimum absolute atomic E-state index is 0.134. The van der Waals surface area contributed by atoms with Crippen molar-refractivity contribution in [2.24, 2.45) is 0 Å². The summed E-state index contributed by atoms with van der Waals surface area (Å²) in [6, 6.07) is 5.81. The van der Waals surface area contributed by atoms with Crippen molar-refractivity contribution in [3.63, 3.8) is 0 Å². The van der Waals surface area contributed by atoms with Crippen LogP contribution in [0.5, 0.6) is 0 Å². The molecule has 6 nitrogen and oxygen atoms in total. The second-order valence-corrected chi connectivity index (χ2v) is 4.74. The summed E-state index contributed by atoms with van der Waals surface area (Å²) in [5.41, 5.74) is 0.656. The molecule has 0 saturated carbocycles. The van der Waals surface area contributed by atoms with Gasteiger partial charge >= 0.3 is 5.97 Å². The number of aliphatic carboxylic acids is 1. The molecular formula is C14H16FN3O3. The number of aromatic nitrogens is 2. The predicted octanol–water partition coefficient (Wildman–Crippen LogP) is 2.17. The van der Waals surface area contributed by atoms with Crippen LogP contribution in [0.25, 0.3) is 11.5 Å². The van der Waals surface area contributed by atoms with Crippen molar-refractivity contribution in [2.45, 2.75) is 19.4 Å². The summed E-state index contributed by atoms with van der Waals surface area (Å²) in [4.78, 5) is 12.3. The SMILES string of the molecule is CN(CCCC(=O)O)Cc1nnc(-c2ccc(F)cc2)o1. The van der Waals surface area contributed by atoms with E-state index < -0.39 is 5.97 Å². The topological polar surface area (TPSA) is 79.5 Å². The third-order valence-electron chi connectivity index (χ3n) is 2.89. The van der Waals surface area contributed by atoms with Gasteiger partial charge in [0.25, 0.3) is 0 Å². The van der Waals surface area contributed by atoms with Crippen LogP contribution in [0.15, 0.2) is 28.7 Å². The van der Waals surface area contributed by atoms with Crippen LogP contribution in [-0.2, 0) is 11.3 Å². The van der Waals surface area contributed by atoms with Crippen LogP contribution in [0.3, 0.4) is 0 Å². The minimum Gasteiger partial charge on any atom is -0.481 e. The van der Waals surface area contributed by atoms with E-state index in [1.165, 1.54) is 12.1 Å². The first-order valence-electron chi connectivity index (χ1n) is 6.53. The number of carboxylic acid groups (broad SMARTS) is 1. The highest BCUT2D eigenvalue weighted by Crippen LogP contribution is 2.18. The Kier molecular flexibility index (Phi) is 4.99. The first-order chi connectivity index (χ1) is 10.0. The molecule has 0 spiro atoms. The molecule has 0 fully saturated rings. The molecule has 2 rings (SSSR count). The van der Waals surface area contributed by atoms with Crippen molar-refractivity contribution < 1.29 is 18.7 Å². The minimum atomic E-state index is -0.806. The van der Waals surface area contributed by atoms with E-state index in [-0.39, 0.29) is 12.2 Å². The zero-order valence-corrected chi connectivity index (χ0v) is 11.6. The van der Waals surface area contributed by atoms with Crippen LogP contribution in [0.4, 0.5) is 4.39 Å². The molecular weight excluding hydrogens is 277 g/mol. The maximum absolute atomic E-state index is 12.8. The van der Waals surface area contributed by atoms with Gasteiger partial charge < -0.3 is 9.52 Å². The summed E-state index contributed by atoms with van der Waals surface area (Å²) in [6.07, 6.45) is 0.694. The molecule has 0 aliphatic carbocycles. The molecule has 1 heterocycles. The zero-order valence-electron chi connectivity index (χ0n) is 11.6. The fraction of sp³-hybridized carbons (Fsp3) is 0.357. The quantitative estimate of drug-likeness (QED) is 0.842. The first kappa shape index (κ1) is 15.1. The summed E-state index contributed by atoms with van der Waals surface area (Å²) in [7, 11) is 1.85. The molecule has 7 heteroatoms. The second-order valence-electron chi connectivity index (χ2n) is 4.74. The summed E-state index contributed by atoms with van der Waals surface area (Å²) in [6.45, 7) is 1.06. The summed E-state index contributed by atoms with van der Waals surface area (Å²) >= 11 is 0. The summed E-state index contributed by atoms with van der Waals surface area (Å²) in [5, 5.41) is 16.4. The average molecular weight is 293 g/mol. The molecule has 0 unspecified atom stereocenters. The lowest BCUT2D eigenvalue weighted by Gasteiger charge is -2.12. The molecule has 21 heavy (non-hydrogen) atoms. The lowest BCUT2D eigenvalue weighted by molar-refractivity contribution is -0.137. The standard InChI is InChI=1S/C14H16FN3O3/c1-18(8-2-3-13(19)20)9-12-16-17-14(21-12)10-4-6-11(15)7-5-10/h4-7H,2-3,8-9H2,1H3,(H,19,20). The van der Waals surface area contributed by atoms with Crippen LogP contribution >= 0.6 is 0 Å². The number of carbonyl (C=O) groups is 1. The van der Waals surface area contributed by atoms with Crippen LogP contribution in [0.2, 0.25) is 0 Å². The van der Waals surface area contributed by atoms with Gasteiger partial charge in [-0.25, -0.2) is 4.39 Å².